The van der Waals surface area contributed by atoms with Gasteiger partial charge >= 0.3 is 6.18 Å². The van der Waals surface area contributed by atoms with Crippen molar-refractivity contribution in [1.29, 1.82) is 0 Å². The maximum absolute atomic E-state index is 12.9. The Hall–Kier alpha value is -2.17. The number of pyridine rings is 1. The Morgan fingerprint density at radius 2 is 1.83 bits per heavy atom. The van der Waals surface area contributed by atoms with E-state index in [1.807, 2.05) is 0 Å². The van der Waals surface area contributed by atoms with Crippen molar-refractivity contribution >= 4 is 15.7 Å². The Morgan fingerprint density at radius 1 is 1.17 bits per heavy atom. The lowest BCUT2D eigenvalue weighted by molar-refractivity contribution is -0.137. The van der Waals surface area contributed by atoms with Crippen molar-refractivity contribution in [1.82, 2.24) is 9.88 Å². The Balaban J connectivity index is 1.86. The molecule has 0 saturated carbocycles. The minimum Gasteiger partial charge on any atom is -0.379 e. The fourth-order valence-corrected chi connectivity index (χ4v) is 4.06. The van der Waals surface area contributed by atoms with E-state index in [0.717, 1.165) is 18.4 Å². The molecule has 2 heterocycles. The average Bonchev–Trinajstić information content (AvgIpc) is 2.68. The molecule has 1 fully saturated rings. The SMILES string of the molecule is CS(=O)(=O)c1cccnc1NCC(c1ccc(C(F)(F)F)cc1)N1CCOCC1. The molecule has 0 amide bonds. The van der Waals surface area contributed by atoms with Crippen LogP contribution in [0.25, 0.3) is 0 Å². The zero-order chi connectivity index (χ0) is 21.1. The Bertz CT molecular complexity index is 928. The summed E-state index contributed by atoms with van der Waals surface area (Å²) < 4.78 is 68.0. The summed E-state index contributed by atoms with van der Waals surface area (Å²) in [7, 11) is -3.48. The molecule has 0 aliphatic carbocycles. The van der Waals surface area contributed by atoms with Crippen LogP contribution in [0, 0.1) is 0 Å². The molecule has 6 nitrogen and oxygen atoms in total. The van der Waals surface area contributed by atoms with Gasteiger partial charge in [0.25, 0.3) is 0 Å². The second-order valence-corrected chi connectivity index (χ2v) is 8.77. The molecule has 0 radical (unpaired) electrons. The predicted molar refractivity (Wildman–Crippen MR) is 102 cm³/mol. The van der Waals surface area contributed by atoms with E-state index in [4.69, 9.17) is 4.74 Å². The van der Waals surface area contributed by atoms with Gasteiger partial charge < -0.3 is 10.1 Å². The Labute approximate surface area is 167 Å². The van der Waals surface area contributed by atoms with E-state index in [2.05, 4.69) is 15.2 Å². The normalized spacial score (nSPS) is 17.1. The number of benzene rings is 1. The van der Waals surface area contributed by atoms with E-state index in [-0.39, 0.29) is 23.3 Å². The van der Waals surface area contributed by atoms with E-state index >= 15 is 0 Å². The number of anilines is 1. The van der Waals surface area contributed by atoms with Gasteiger partial charge in [-0.15, -0.1) is 0 Å². The highest BCUT2D eigenvalue weighted by atomic mass is 32.2. The quantitative estimate of drug-likeness (QED) is 0.761. The molecule has 0 bridgehead atoms. The van der Waals surface area contributed by atoms with Crippen LogP contribution in [-0.4, -0.2) is 57.4 Å². The number of ether oxygens (including phenoxy) is 1. The number of hydrogen-bond acceptors (Lipinski definition) is 6. The standard InChI is InChI=1S/C19H22F3N3O3S/c1-29(26,27)17-3-2-8-23-18(17)24-13-16(25-9-11-28-12-10-25)14-4-6-15(7-5-14)19(20,21)22/h2-8,16H,9-13H2,1H3,(H,23,24). The lowest BCUT2D eigenvalue weighted by atomic mass is 10.0. The molecule has 1 N–H and O–H groups in total. The van der Waals surface area contributed by atoms with Crippen molar-refractivity contribution in [2.75, 3.05) is 44.4 Å². The van der Waals surface area contributed by atoms with Gasteiger partial charge in [0.2, 0.25) is 0 Å². The van der Waals surface area contributed by atoms with Gasteiger partial charge in [-0.2, -0.15) is 13.2 Å². The van der Waals surface area contributed by atoms with E-state index in [1.165, 1.54) is 30.5 Å². The molecule has 1 aromatic heterocycles. The lowest BCUT2D eigenvalue weighted by Gasteiger charge is -2.35. The number of nitrogens with zero attached hydrogens (tertiary/aromatic N) is 2. The predicted octanol–water partition coefficient (Wildman–Crippen LogP) is 2.99. The third-order valence-corrected chi connectivity index (χ3v) is 5.87. The summed E-state index contributed by atoms with van der Waals surface area (Å²) >= 11 is 0. The van der Waals surface area contributed by atoms with Crippen LogP contribution in [0.15, 0.2) is 47.5 Å². The van der Waals surface area contributed by atoms with Gasteiger partial charge in [0, 0.05) is 32.1 Å². The summed E-state index contributed by atoms with van der Waals surface area (Å²) in [5.41, 5.74) is -0.0109. The zero-order valence-corrected chi connectivity index (χ0v) is 16.6. The first-order valence-electron chi connectivity index (χ1n) is 9.04. The van der Waals surface area contributed by atoms with Crippen molar-refractivity contribution in [3.63, 3.8) is 0 Å². The molecule has 10 heteroatoms. The fourth-order valence-electron chi connectivity index (χ4n) is 3.26. The molecular weight excluding hydrogens is 407 g/mol. The van der Waals surface area contributed by atoms with Gasteiger partial charge in [-0.05, 0) is 29.8 Å². The Kier molecular flexibility index (Phi) is 6.45. The number of aromatic nitrogens is 1. The van der Waals surface area contributed by atoms with Crippen molar-refractivity contribution in [2.45, 2.75) is 17.1 Å². The van der Waals surface area contributed by atoms with Gasteiger partial charge in [-0.1, -0.05) is 12.1 Å². The van der Waals surface area contributed by atoms with Crippen molar-refractivity contribution < 1.29 is 26.3 Å². The van der Waals surface area contributed by atoms with Crippen LogP contribution in [0.4, 0.5) is 19.0 Å². The van der Waals surface area contributed by atoms with E-state index in [1.54, 1.807) is 0 Å². The monoisotopic (exact) mass is 429 g/mol. The smallest absolute Gasteiger partial charge is 0.379 e. The summed E-state index contributed by atoms with van der Waals surface area (Å²) in [4.78, 5) is 6.30. The highest BCUT2D eigenvalue weighted by molar-refractivity contribution is 7.90. The third-order valence-electron chi connectivity index (χ3n) is 4.74. The highest BCUT2D eigenvalue weighted by Gasteiger charge is 2.31. The topological polar surface area (TPSA) is 71.5 Å². The van der Waals surface area contributed by atoms with E-state index in [0.29, 0.717) is 31.9 Å². The highest BCUT2D eigenvalue weighted by Crippen LogP contribution is 2.31. The van der Waals surface area contributed by atoms with Crippen molar-refractivity contribution in [3.8, 4) is 0 Å². The molecule has 158 valence electrons. The molecule has 3 rings (SSSR count). The van der Waals surface area contributed by atoms with Crippen LogP contribution >= 0.6 is 0 Å². The third kappa shape index (κ3) is 5.46. The molecule has 29 heavy (non-hydrogen) atoms. The average molecular weight is 429 g/mol. The summed E-state index contributed by atoms with van der Waals surface area (Å²) in [6.45, 7) is 2.57. The first kappa shape index (κ1) is 21.5. The maximum Gasteiger partial charge on any atom is 0.416 e. The molecule has 2 aromatic rings. The van der Waals surface area contributed by atoms with Crippen LogP contribution in [-0.2, 0) is 20.8 Å². The molecule has 1 aliphatic rings. The number of hydrogen-bond donors (Lipinski definition) is 1. The zero-order valence-electron chi connectivity index (χ0n) is 15.8. The molecule has 1 atom stereocenters. The second-order valence-electron chi connectivity index (χ2n) is 6.79. The summed E-state index contributed by atoms with van der Waals surface area (Å²) in [6, 6.07) is 7.78. The minimum absolute atomic E-state index is 0.0770. The molecule has 0 spiro atoms. The van der Waals surface area contributed by atoms with Gasteiger partial charge in [0.1, 0.15) is 10.7 Å². The van der Waals surface area contributed by atoms with Crippen LogP contribution in [0.3, 0.4) is 0 Å². The van der Waals surface area contributed by atoms with Crippen LogP contribution in [0.5, 0.6) is 0 Å². The van der Waals surface area contributed by atoms with E-state index < -0.39 is 21.6 Å². The van der Waals surface area contributed by atoms with Gasteiger partial charge in [-0.3, -0.25) is 4.90 Å². The maximum atomic E-state index is 12.9. The Morgan fingerprint density at radius 3 is 2.41 bits per heavy atom. The number of nitrogens with one attached hydrogen (secondary N) is 1. The largest absolute Gasteiger partial charge is 0.416 e. The first-order chi connectivity index (χ1) is 13.7. The lowest BCUT2D eigenvalue weighted by Crippen LogP contribution is -2.41. The van der Waals surface area contributed by atoms with Crippen LogP contribution in [0.1, 0.15) is 17.2 Å². The fraction of sp³-hybridized carbons (Fsp3) is 0.421. The van der Waals surface area contributed by atoms with Crippen LogP contribution < -0.4 is 5.32 Å². The van der Waals surface area contributed by atoms with Gasteiger partial charge in [-0.25, -0.2) is 13.4 Å². The number of halogens is 3. The summed E-state index contributed by atoms with van der Waals surface area (Å²) in [6.07, 6.45) is -1.81. The first-order valence-corrected chi connectivity index (χ1v) is 10.9. The molecule has 1 aromatic carbocycles. The molecule has 1 unspecified atom stereocenters. The van der Waals surface area contributed by atoms with Crippen molar-refractivity contribution in [2.24, 2.45) is 0 Å². The van der Waals surface area contributed by atoms with E-state index in [9.17, 15) is 21.6 Å². The molecule has 1 saturated heterocycles. The van der Waals surface area contributed by atoms with Gasteiger partial charge in [0.15, 0.2) is 9.84 Å². The summed E-state index contributed by atoms with van der Waals surface area (Å²) in [5.74, 6) is 0.222. The minimum atomic E-state index is -4.40. The van der Waals surface area contributed by atoms with Crippen molar-refractivity contribution in [3.05, 3.63) is 53.7 Å². The molecule has 1 aliphatic heterocycles. The number of alkyl halides is 3. The number of sulfone groups is 1. The summed E-state index contributed by atoms with van der Waals surface area (Å²) in [5, 5.41) is 3.07. The molecular formula is C19H22F3N3O3S. The van der Waals surface area contributed by atoms with Gasteiger partial charge in [0.05, 0.1) is 24.8 Å². The number of morpholine rings is 1. The van der Waals surface area contributed by atoms with Crippen LogP contribution in [0.2, 0.25) is 0 Å². The second kappa shape index (κ2) is 8.68. The number of rotatable bonds is 6.